The van der Waals surface area contributed by atoms with Crippen LogP contribution in [0.15, 0.2) is 0 Å². The second-order valence-corrected chi connectivity index (χ2v) is 9.22. The largest absolute Gasteiger partial charge is 0.444 e. The van der Waals surface area contributed by atoms with Crippen LogP contribution in [0.4, 0.5) is 4.79 Å². The van der Waals surface area contributed by atoms with Crippen LogP contribution < -0.4 is 10.6 Å². The third kappa shape index (κ3) is 6.62. The van der Waals surface area contributed by atoms with Gasteiger partial charge in [0.2, 0.25) is 0 Å². The Bertz CT molecular complexity index is 387. The summed E-state index contributed by atoms with van der Waals surface area (Å²) < 4.78 is 5.35. The average Bonchev–Trinajstić information content (AvgIpc) is 2.48. The number of carbonyl (C=O) groups excluding carboxylic acids is 1. The van der Waals surface area contributed by atoms with Crippen molar-refractivity contribution in [3.8, 4) is 0 Å². The number of nitrogens with one attached hydrogen (secondary N) is 2. The first-order valence-corrected chi connectivity index (χ1v) is 9.98. The molecule has 0 bridgehead atoms. The molecule has 2 N–H and O–H groups in total. The molecule has 0 saturated heterocycles. The third-order valence-electron chi connectivity index (χ3n) is 5.63. The Hall–Kier alpha value is -0.770. The van der Waals surface area contributed by atoms with E-state index in [1.165, 1.54) is 25.7 Å². The van der Waals surface area contributed by atoms with Gasteiger partial charge in [0.25, 0.3) is 0 Å². The lowest BCUT2D eigenvalue weighted by molar-refractivity contribution is 0.0488. The number of ether oxygens (including phenoxy) is 1. The summed E-state index contributed by atoms with van der Waals surface area (Å²) in [6.07, 6.45) is 9.57. The van der Waals surface area contributed by atoms with Crippen LogP contribution >= 0.6 is 0 Å². The van der Waals surface area contributed by atoms with Crippen molar-refractivity contribution in [3.63, 3.8) is 0 Å². The second-order valence-electron chi connectivity index (χ2n) is 9.22. The lowest BCUT2D eigenvalue weighted by Gasteiger charge is -2.36. The van der Waals surface area contributed by atoms with E-state index in [1.54, 1.807) is 0 Å². The Morgan fingerprint density at radius 2 is 1.33 bits per heavy atom. The fraction of sp³-hybridized carbons (Fsp3) is 0.950. The molecular formula is C20H38N2O2. The highest BCUT2D eigenvalue weighted by atomic mass is 16.6. The first-order chi connectivity index (χ1) is 11.2. The summed E-state index contributed by atoms with van der Waals surface area (Å²) in [7, 11) is 0. The number of hydrogen-bond donors (Lipinski definition) is 2. The first kappa shape index (κ1) is 19.6. The summed E-state index contributed by atoms with van der Waals surface area (Å²) in [5, 5.41) is 6.91. The summed E-state index contributed by atoms with van der Waals surface area (Å²) >= 11 is 0. The van der Waals surface area contributed by atoms with E-state index in [9.17, 15) is 4.79 Å². The summed E-state index contributed by atoms with van der Waals surface area (Å²) in [6.45, 7) is 10.4. The van der Waals surface area contributed by atoms with Gasteiger partial charge in [0.1, 0.15) is 5.60 Å². The van der Waals surface area contributed by atoms with Crippen LogP contribution in [0.5, 0.6) is 0 Å². The van der Waals surface area contributed by atoms with E-state index in [4.69, 9.17) is 4.74 Å². The molecule has 0 heterocycles. The molecule has 0 aromatic rings. The van der Waals surface area contributed by atoms with Crippen LogP contribution in [0.1, 0.15) is 86.0 Å². The lowest BCUT2D eigenvalue weighted by Crippen LogP contribution is -2.46. The second kappa shape index (κ2) is 8.55. The number of amides is 1. The van der Waals surface area contributed by atoms with Crippen molar-refractivity contribution < 1.29 is 9.53 Å². The van der Waals surface area contributed by atoms with Gasteiger partial charge in [-0.3, -0.25) is 0 Å². The molecule has 1 amide bonds. The SMILES string of the molecule is CC(C)C1CCC(NC2CCC(NC(=O)OC(C)(C)C)CC2)CC1. The van der Waals surface area contributed by atoms with Gasteiger partial charge in [0, 0.05) is 18.1 Å². The summed E-state index contributed by atoms with van der Waals surface area (Å²) in [6, 6.07) is 1.61. The number of rotatable bonds is 4. The zero-order chi connectivity index (χ0) is 17.7. The van der Waals surface area contributed by atoms with Gasteiger partial charge in [-0.25, -0.2) is 4.79 Å². The van der Waals surface area contributed by atoms with E-state index in [1.807, 2.05) is 20.8 Å². The minimum absolute atomic E-state index is 0.272. The van der Waals surface area contributed by atoms with Crippen LogP contribution in [0.2, 0.25) is 0 Å². The maximum absolute atomic E-state index is 11.9. The zero-order valence-electron chi connectivity index (χ0n) is 16.4. The summed E-state index contributed by atoms with van der Waals surface area (Å²) in [5.41, 5.74) is -0.419. The fourth-order valence-corrected chi connectivity index (χ4v) is 4.16. The van der Waals surface area contributed by atoms with Crippen molar-refractivity contribution in [2.75, 3.05) is 0 Å². The van der Waals surface area contributed by atoms with Gasteiger partial charge >= 0.3 is 6.09 Å². The number of hydrogen-bond acceptors (Lipinski definition) is 3. The molecule has 2 aliphatic carbocycles. The standard InChI is InChI=1S/C20H38N2O2/c1-14(2)15-6-8-16(9-7-15)21-17-10-12-18(13-11-17)22-19(23)24-20(3,4)5/h14-18,21H,6-13H2,1-5H3,(H,22,23). The topological polar surface area (TPSA) is 50.4 Å². The first-order valence-electron chi connectivity index (χ1n) is 9.98. The van der Waals surface area contributed by atoms with E-state index < -0.39 is 5.60 Å². The van der Waals surface area contributed by atoms with Gasteiger partial charge in [-0.05, 0) is 84.0 Å². The van der Waals surface area contributed by atoms with Crippen molar-refractivity contribution in [3.05, 3.63) is 0 Å². The Balaban J connectivity index is 1.64. The van der Waals surface area contributed by atoms with Crippen molar-refractivity contribution >= 4 is 6.09 Å². The molecule has 0 spiro atoms. The normalized spacial score (nSPS) is 31.8. The third-order valence-corrected chi connectivity index (χ3v) is 5.63. The molecule has 4 nitrogen and oxygen atoms in total. The molecule has 0 atom stereocenters. The molecule has 0 aromatic carbocycles. The smallest absolute Gasteiger partial charge is 0.407 e. The van der Waals surface area contributed by atoms with Gasteiger partial charge in [0.05, 0.1) is 0 Å². The predicted octanol–water partition coefficient (Wildman–Crippen LogP) is 4.63. The van der Waals surface area contributed by atoms with Crippen LogP contribution in [0.25, 0.3) is 0 Å². The molecule has 2 fully saturated rings. The monoisotopic (exact) mass is 338 g/mol. The summed E-state index contributed by atoms with van der Waals surface area (Å²) in [5.74, 6) is 1.76. The Kier molecular flexibility index (Phi) is 6.97. The maximum Gasteiger partial charge on any atom is 0.407 e. The predicted molar refractivity (Wildman–Crippen MR) is 99.1 cm³/mol. The van der Waals surface area contributed by atoms with Gasteiger partial charge < -0.3 is 15.4 Å². The quantitative estimate of drug-likeness (QED) is 0.786. The highest BCUT2D eigenvalue weighted by Gasteiger charge is 2.28. The molecule has 0 unspecified atom stereocenters. The maximum atomic E-state index is 11.9. The van der Waals surface area contributed by atoms with Crippen LogP contribution in [0.3, 0.4) is 0 Å². The average molecular weight is 339 g/mol. The molecule has 0 aliphatic heterocycles. The van der Waals surface area contributed by atoms with E-state index in [0.29, 0.717) is 12.1 Å². The Morgan fingerprint density at radius 1 is 0.875 bits per heavy atom. The molecule has 4 heteroatoms. The van der Waals surface area contributed by atoms with Gasteiger partial charge in [-0.2, -0.15) is 0 Å². The molecule has 0 radical (unpaired) electrons. The highest BCUT2D eigenvalue weighted by Crippen LogP contribution is 2.31. The van der Waals surface area contributed by atoms with Crippen LogP contribution in [-0.4, -0.2) is 29.8 Å². The van der Waals surface area contributed by atoms with E-state index >= 15 is 0 Å². The summed E-state index contributed by atoms with van der Waals surface area (Å²) in [4.78, 5) is 11.9. The molecule has 24 heavy (non-hydrogen) atoms. The Labute approximate surface area is 148 Å². The van der Waals surface area contributed by atoms with Crippen molar-refractivity contribution in [2.45, 2.75) is 110 Å². The molecule has 2 rings (SSSR count). The molecule has 2 saturated carbocycles. The minimum atomic E-state index is -0.419. The van der Waals surface area contributed by atoms with Crippen molar-refractivity contribution in [1.29, 1.82) is 0 Å². The van der Waals surface area contributed by atoms with Gasteiger partial charge in [0.15, 0.2) is 0 Å². The molecular weight excluding hydrogens is 300 g/mol. The minimum Gasteiger partial charge on any atom is -0.444 e. The number of carbonyl (C=O) groups is 1. The fourth-order valence-electron chi connectivity index (χ4n) is 4.16. The van der Waals surface area contributed by atoms with Crippen molar-refractivity contribution in [2.24, 2.45) is 11.8 Å². The van der Waals surface area contributed by atoms with E-state index in [0.717, 1.165) is 37.5 Å². The van der Waals surface area contributed by atoms with Crippen molar-refractivity contribution in [1.82, 2.24) is 10.6 Å². The van der Waals surface area contributed by atoms with Crippen LogP contribution in [0, 0.1) is 11.8 Å². The van der Waals surface area contributed by atoms with Gasteiger partial charge in [-0.1, -0.05) is 13.8 Å². The highest BCUT2D eigenvalue weighted by molar-refractivity contribution is 5.68. The zero-order valence-corrected chi connectivity index (χ0v) is 16.4. The number of alkyl carbamates (subject to hydrolysis) is 1. The van der Waals surface area contributed by atoms with E-state index in [-0.39, 0.29) is 12.1 Å². The molecule has 140 valence electrons. The van der Waals surface area contributed by atoms with Gasteiger partial charge in [-0.15, -0.1) is 0 Å². The Morgan fingerprint density at radius 3 is 1.79 bits per heavy atom. The van der Waals surface area contributed by atoms with E-state index in [2.05, 4.69) is 24.5 Å². The molecule has 2 aliphatic rings. The molecule has 0 aromatic heterocycles. The van der Waals surface area contributed by atoms with Crippen LogP contribution in [-0.2, 0) is 4.74 Å². The lowest BCUT2D eigenvalue weighted by atomic mass is 9.79.